The molecule has 0 aliphatic rings. The molecule has 0 amide bonds. The maximum atomic E-state index is 12.2. The van der Waals surface area contributed by atoms with Gasteiger partial charge in [0.1, 0.15) is 19.0 Å². The molecule has 7 nitrogen and oxygen atoms in total. The summed E-state index contributed by atoms with van der Waals surface area (Å²) in [6.07, 6.45) is 0. The second-order valence-corrected chi connectivity index (χ2v) is 7.51. The van der Waals surface area contributed by atoms with Gasteiger partial charge in [-0.2, -0.15) is 0 Å². The molecule has 0 aliphatic heterocycles. The summed E-state index contributed by atoms with van der Waals surface area (Å²) < 4.78 is 12.6. The Balaban J connectivity index is 0.00000364. The lowest BCUT2D eigenvalue weighted by molar-refractivity contribution is -0.132. The van der Waals surface area contributed by atoms with Crippen molar-refractivity contribution in [2.75, 3.05) is 25.1 Å². The lowest BCUT2D eigenvalue weighted by atomic mass is 10.2. The number of nitrogens with two attached hydrogens (primary N) is 1. The van der Waals surface area contributed by atoms with Crippen LogP contribution in [0.25, 0.3) is 0 Å². The van der Waals surface area contributed by atoms with Crippen LogP contribution in [0.3, 0.4) is 0 Å². The zero-order valence-corrected chi connectivity index (χ0v) is 19.1. The zero-order chi connectivity index (χ0) is 19.1. The Morgan fingerprint density at radius 2 is 1.89 bits per heavy atom. The molecular formula is C17H18ClI2N3O4. The van der Waals surface area contributed by atoms with Gasteiger partial charge in [-0.15, -0.1) is 12.4 Å². The number of aliphatic hydroxyl groups is 1. The number of carbonyl (C=O) groups is 1. The van der Waals surface area contributed by atoms with E-state index >= 15 is 0 Å². The van der Waals surface area contributed by atoms with Crippen molar-refractivity contribution >= 4 is 75.1 Å². The summed E-state index contributed by atoms with van der Waals surface area (Å²) in [5.74, 6) is 0.250. The number of carbonyl (C=O) groups excluding carboxylic acids is 1. The van der Waals surface area contributed by atoms with Gasteiger partial charge in [0, 0.05) is 14.8 Å². The van der Waals surface area contributed by atoms with Crippen molar-refractivity contribution in [3.63, 3.8) is 0 Å². The molecule has 0 aliphatic carbocycles. The summed E-state index contributed by atoms with van der Waals surface area (Å²) in [6, 6.07) is 10.4. The lowest BCUT2D eigenvalue weighted by Gasteiger charge is -2.14. The number of rotatable bonds is 8. The Morgan fingerprint density at radius 1 is 1.22 bits per heavy atom. The zero-order valence-electron chi connectivity index (χ0n) is 14.0. The Hall–Kier alpha value is -1.31. The van der Waals surface area contributed by atoms with Crippen LogP contribution in [0.2, 0.25) is 0 Å². The Labute approximate surface area is 190 Å². The minimum atomic E-state index is -0.479. The maximum Gasteiger partial charge on any atom is 0.330 e. The standard InChI is InChI=1S/C17H17I2N3O4.ClH/c18-11-7-13(19)16(25-6-5-23)14(8-11)26-15(24)9-22-12-3-1-10(2-4-12)17(20)21;/h1-4,7-8,22-23H,5-6,9H2,(H3,20,21);1H. The molecule has 27 heavy (non-hydrogen) atoms. The van der Waals surface area contributed by atoms with Crippen molar-refractivity contribution in [1.82, 2.24) is 0 Å². The third-order valence-electron chi connectivity index (χ3n) is 3.17. The van der Waals surface area contributed by atoms with Crippen molar-refractivity contribution in [2.45, 2.75) is 0 Å². The molecule has 0 saturated heterocycles. The molecule has 0 spiro atoms. The normalized spacial score (nSPS) is 9.89. The summed E-state index contributed by atoms with van der Waals surface area (Å²) >= 11 is 4.22. The summed E-state index contributed by atoms with van der Waals surface area (Å²) in [4.78, 5) is 12.2. The van der Waals surface area contributed by atoms with Crippen LogP contribution in [0.1, 0.15) is 5.56 Å². The van der Waals surface area contributed by atoms with E-state index in [-0.39, 0.29) is 38.0 Å². The van der Waals surface area contributed by atoms with Gasteiger partial charge in [0.05, 0.1) is 10.2 Å². The molecule has 2 rings (SSSR count). The van der Waals surface area contributed by atoms with Crippen molar-refractivity contribution in [3.8, 4) is 11.5 Å². The number of nitrogens with one attached hydrogen (secondary N) is 2. The van der Waals surface area contributed by atoms with Crippen molar-refractivity contribution in [1.29, 1.82) is 5.41 Å². The van der Waals surface area contributed by atoms with Crippen LogP contribution in [0.5, 0.6) is 11.5 Å². The maximum absolute atomic E-state index is 12.2. The van der Waals surface area contributed by atoms with Crippen LogP contribution in [0.15, 0.2) is 36.4 Å². The predicted molar refractivity (Wildman–Crippen MR) is 123 cm³/mol. The minimum Gasteiger partial charge on any atom is -0.486 e. The second kappa shape index (κ2) is 11.5. The molecule has 2 aromatic carbocycles. The van der Waals surface area contributed by atoms with E-state index < -0.39 is 5.97 Å². The quantitative estimate of drug-likeness (QED) is 0.119. The van der Waals surface area contributed by atoms with Crippen molar-refractivity contribution in [2.24, 2.45) is 5.73 Å². The van der Waals surface area contributed by atoms with Gasteiger partial charge in [0.25, 0.3) is 0 Å². The molecule has 10 heteroatoms. The Kier molecular flexibility index (Phi) is 10.1. The average molecular weight is 618 g/mol. The van der Waals surface area contributed by atoms with Crippen LogP contribution in [0, 0.1) is 12.5 Å². The first kappa shape index (κ1) is 23.7. The van der Waals surface area contributed by atoms with Gasteiger partial charge < -0.3 is 25.6 Å². The van der Waals surface area contributed by atoms with Crippen LogP contribution in [-0.4, -0.2) is 36.7 Å². The van der Waals surface area contributed by atoms with Crippen LogP contribution in [-0.2, 0) is 4.79 Å². The number of aliphatic hydroxyl groups excluding tert-OH is 1. The average Bonchev–Trinajstić information content (AvgIpc) is 2.59. The van der Waals surface area contributed by atoms with E-state index in [1.807, 2.05) is 6.07 Å². The molecule has 2 aromatic rings. The molecule has 0 saturated carbocycles. The highest BCUT2D eigenvalue weighted by molar-refractivity contribution is 14.1. The smallest absolute Gasteiger partial charge is 0.330 e. The van der Waals surface area contributed by atoms with Gasteiger partial charge in [-0.3, -0.25) is 5.41 Å². The van der Waals surface area contributed by atoms with E-state index in [1.54, 1.807) is 30.3 Å². The van der Waals surface area contributed by atoms with Crippen molar-refractivity contribution < 1.29 is 19.4 Å². The fraction of sp³-hybridized carbons (Fsp3) is 0.176. The van der Waals surface area contributed by atoms with Gasteiger partial charge in [-0.25, -0.2) is 4.79 Å². The fourth-order valence-corrected chi connectivity index (χ4v) is 3.95. The number of hydrogen-bond donors (Lipinski definition) is 4. The van der Waals surface area contributed by atoms with E-state index in [4.69, 9.17) is 25.7 Å². The number of ether oxygens (including phenoxy) is 2. The number of nitrogen functional groups attached to an aromatic ring is 1. The van der Waals surface area contributed by atoms with E-state index in [0.29, 0.717) is 22.7 Å². The number of halogens is 3. The number of benzene rings is 2. The molecule has 0 bridgehead atoms. The van der Waals surface area contributed by atoms with Crippen LogP contribution >= 0.6 is 57.6 Å². The first-order valence-electron chi connectivity index (χ1n) is 7.52. The molecule has 0 heterocycles. The molecule has 146 valence electrons. The van der Waals surface area contributed by atoms with Gasteiger partial charge >= 0.3 is 5.97 Å². The monoisotopic (exact) mass is 617 g/mol. The van der Waals surface area contributed by atoms with Gasteiger partial charge in [-0.05, 0) is 81.6 Å². The summed E-state index contributed by atoms with van der Waals surface area (Å²) in [5.41, 5.74) is 6.72. The minimum absolute atomic E-state index is 0. The van der Waals surface area contributed by atoms with E-state index in [2.05, 4.69) is 50.5 Å². The summed E-state index contributed by atoms with van der Waals surface area (Å²) in [5, 5.41) is 19.3. The van der Waals surface area contributed by atoms with Gasteiger partial charge in [0.15, 0.2) is 11.5 Å². The topological polar surface area (TPSA) is 118 Å². The van der Waals surface area contributed by atoms with E-state index in [0.717, 1.165) is 7.14 Å². The third-order valence-corrected chi connectivity index (χ3v) is 4.59. The highest BCUT2D eigenvalue weighted by Crippen LogP contribution is 2.34. The molecule has 0 atom stereocenters. The molecule has 0 unspecified atom stereocenters. The molecular weight excluding hydrogens is 599 g/mol. The fourth-order valence-electron chi connectivity index (χ4n) is 2.00. The summed E-state index contributed by atoms with van der Waals surface area (Å²) in [6.45, 7) is -0.0595. The van der Waals surface area contributed by atoms with Gasteiger partial charge in [0.2, 0.25) is 0 Å². The predicted octanol–water partition coefficient (Wildman–Crippen LogP) is 2.99. The van der Waals surface area contributed by atoms with Crippen LogP contribution in [0.4, 0.5) is 5.69 Å². The summed E-state index contributed by atoms with van der Waals surface area (Å²) in [7, 11) is 0. The molecule has 5 N–H and O–H groups in total. The Bertz CT molecular complexity index is 804. The highest BCUT2D eigenvalue weighted by atomic mass is 127. The second-order valence-electron chi connectivity index (χ2n) is 5.11. The molecule has 0 fully saturated rings. The van der Waals surface area contributed by atoms with E-state index in [9.17, 15) is 4.79 Å². The number of esters is 1. The lowest BCUT2D eigenvalue weighted by Crippen LogP contribution is -2.20. The number of anilines is 1. The Morgan fingerprint density at radius 3 is 2.48 bits per heavy atom. The number of hydrogen-bond acceptors (Lipinski definition) is 6. The largest absolute Gasteiger partial charge is 0.486 e. The third kappa shape index (κ3) is 7.31. The molecule has 0 aromatic heterocycles. The van der Waals surface area contributed by atoms with Crippen LogP contribution < -0.4 is 20.5 Å². The molecule has 0 radical (unpaired) electrons. The highest BCUT2D eigenvalue weighted by Gasteiger charge is 2.15. The van der Waals surface area contributed by atoms with Gasteiger partial charge in [-0.1, -0.05) is 0 Å². The van der Waals surface area contributed by atoms with E-state index in [1.165, 1.54) is 0 Å². The SMILES string of the molecule is Cl.N=C(N)c1ccc(NCC(=O)Oc2cc(I)cc(I)c2OCCO)cc1. The number of amidine groups is 1. The first-order valence-corrected chi connectivity index (χ1v) is 9.68. The van der Waals surface area contributed by atoms with Crippen molar-refractivity contribution in [3.05, 3.63) is 49.1 Å². The first-order chi connectivity index (χ1) is 12.4.